The van der Waals surface area contributed by atoms with Gasteiger partial charge in [0.2, 0.25) is 5.91 Å². The summed E-state index contributed by atoms with van der Waals surface area (Å²) in [6, 6.07) is 0.508. The second kappa shape index (κ2) is 8.51. The van der Waals surface area contributed by atoms with E-state index >= 15 is 0 Å². The fourth-order valence-electron chi connectivity index (χ4n) is 1.58. The van der Waals surface area contributed by atoms with Gasteiger partial charge in [-0.15, -0.1) is 0 Å². The Morgan fingerprint density at radius 2 is 1.65 bits per heavy atom. The summed E-state index contributed by atoms with van der Waals surface area (Å²) in [5, 5.41) is 0. The zero-order valence-corrected chi connectivity index (χ0v) is 12.5. The first kappa shape index (κ1) is 16.4. The van der Waals surface area contributed by atoms with Crippen molar-refractivity contribution in [3.8, 4) is 0 Å². The van der Waals surface area contributed by atoms with Crippen LogP contribution in [0.4, 0.5) is 0 Å². The highest BCUT2D eigenvalue weighted by Gasteiger charge is 2.11. The van der Waals surface area contributed by atoms with Crippen molar-refractivity contribution in [3.05, 3.63) is 0 Å². The number of hydrogen-bond donors (Lipinski definition) is 0. The van der Waals surface area contributed by atoms with Crippen molar-refractivity contribution in [2.45, 2.75) is 53.0 Å². The molecule has 0 aliphatic carbocycles. The van der Waals surface area contributed by atoms with E-state index in [-0.39, 0.29) is 5.91 Å². The Morgan fingerprint density at radius 1 is 1.06 bits per heavy atom. The van der Waals surface area contributed by atoms with Gasteiger partial charge in [-0.3, -0.25) is 4.79 Å². The van der Waals surface area contributed by atoms with E-state index in [1.54, 1.807) is 0 Å². The van der Waals surface area contributed by atoms with Crippen molar-refractivity contribution < 1.29 is 4.79 Å². The summed E-state index contributed by atoms with van der Waals surface area (Å²) in [5.74, 6) is 0.992. The highest BCUT2D eigenvalue weighted by atomic mass is 16.2. The second-order valence-corrected chi connectivity index (χ2v) is 5.68. The maximum Gasteiger partial charge on any atom is 0.223 e. The lowest BCUT2D eigenvalue weighted by molar-refractivity contribution is -0.130. The molecule has 102 valence electrons. The van der Waals surface area contributed by atoms with Crippen molar-refractivity contribution in [1.29, 1.82) is 0 Å². The van der Waals surface area contributed by atoms with Crippen LogP contribution in [0.3, 0.4) is 0 Å². The molecule has 0 aliphatic heterocycles. The third-order valence-corrected chi connectivity index (χ3v) is 3.26. The van der Waals surface area contributed by atoms with Gasteiger partial charge in [0.05, 0.1) is 0 Å². The van der Waals surface area contributed by atoms with Crippen molar-refractivity contribution in [3.63, 3.8) is 0 Å². The molecule has 0 saturated heterocycles. The Balaban J connectivity index is 3.74. The van der Waals surface area contributed by atoms with E-state index in [1.165, 1.54) is 6.42 Å². The van der Waals surface area contributed by atoms with Crippen molar-refractivity contribution >= 4 is 5.91 Å². The first-order valence-corrected chi connectivity index (χ1v) is 6.78. The van der Waals surface area contributed by atoms with Crippen LogP contribution in [0, 0.1) is 5.92 Å². The normalized spacial score (nSPS) is 11.6. The molecule has 0 fully saturated rings. The van der Waals surface area contributed by atoms with E-state index in [4.69, 9.17) is 0 Å². The Morgan fingerprint density at radius 3 is 2.12 bits per heavy atom. The van der Waals surface area contributed by atoms with Gasteiger partial charge in [-0.1, -0.05) is 13.8 Å². The molecule has 0 aliphatic rings. The van der Waals surface area contributed by atoms with Crippen molar-refractivity contribution in [1.82, 2.24) is 9.80 Å². The fraction of sp³-hybridized carbons (Fsp3) is 0.929. The summed E-state index contributed by atoms with van der Waals surface area (Å²) in [6.07, 6.45) is 2.94. The van der Waals surface area contributed by atoms with Crippen LogP contribution in [0.2, 0.25) is 0 Å². The maximum absolute atomic E-state index is 11.8. The van der Waals surface area contributed by atoms with Crippen LogP contribution in [0.15, 0.2) is 0 Å². The van der Waals surface area contributed by atoms with E-state index < -0.39 is 0 Å². The molecular weight excluding hydrogens is 212 g/mol. The molecule has 1 amide bonds. The van der Waals surface area contributed by atoms with E-state index in [0.29, 0.717) is 12.5 Å². The Bertz CT molecular complexity index is 214. The van der Waals surface area contributed by atoms with Crippen LogP contribution < -0.4 is 0 Å². The fourth-order valence-corrected chi connectivity index (χ4v) is 1.58. The molecule has 3 heteroatoms. The lowest BCUT2D eigenvalue weighted by Crippen LogP contribution is -2.33. The Kier molecular flexibility index (Phi) is 8.23. The van der Waals surface area contributed by atoms with Crippen LogP contribution >= 0.6 is 0 Å². The largest absolute Gasteiger partial charge is 0.346 e. The molecule has 0 atom stereocenters. The molecule has 0 saturated carbocycles. The molecule has 0 spiro atoms. The van der Waals surface area contributed by atoms with E-state index in [0.717, 1.165) is 25.4 Å². The highest BCUT2D eigenvalue weighted by molar-refractivity contribution is 5.76. The van der Waals surface area contributed by atoms with Gasteiger partial charge in [0.15, 0.2) is 0 Å². The predicted octanol–water partition coefficient (Wildman–Crippen LogP) is 2.61. The number of nitrogens with zero attached hydrogens (tertiary/aromatic N) is 2. The summed E-state index contributed by atoms with van der Waals surface area (Å²) >= 11 is 0. The standard InChI is InChI=1S/C14H30N2O/c1-12(2)8-7-10-16(6)14(17)9-11-15(5)13(3)4/h12-13H,7-11H2,1-6H3. The quantitative estimate of drug-likeness (QED) is 0.653. The first-order valence-electron chi connectivity index (χ1n) is 6.78. The Labute approximate surface area is 107 Å². The number of hydrogen-bond acceptors (Lipinski definition) is 2. The summed E-state index contributed by atoms with van der Waals surface area (Å²) < 4.78 is 0. The summed E-state index contributed by atoms with van der Waals surface area (Å²) in [6.45, 7) is 10.5. The van der Waals surface area contributed by atoms with Gasteiger partial charge in [-0.2, -0.15) is 0 Å². The van der Waals surface area contributed by atoms with Gasteiger partial charge in [-0.05, 0) is 39.7 Å². The minimum atomic E-state index is 0.265. The molecule has 17 heavy (non-hydrogen) atoms. The number of carbonyl (C=O) groups excluding carboxylic acids is 1. The van der Waals surface area contributed by atoms with E-state index in [2.05, 4.69) is 39.6 Å². The molecule has 0 unspecified atom stereocenters. The minimum absolute atomic E-state index is 0.265. The minimum Gasteiger partial charge on any atom is -0.346 e. The van der Waals surface area contributed by atoms with Crippen LogP contribution in [-0.4, -0.2) is 48.9 Å². The van der Waals surface area contributed by atoms with Gasteiger partial charge >= 0.3 is 0 Å². The average Bonchev–Trinajstić information content (AvgIpc) is 2.24. The zero-order valence-electron chi connectivity index (χ0n) is 12.5. The zero-order chi connectivity index (χ0) is 13.4. The topological polar surface area (TPSA) is 23.6 Å². The molecule has 0 N–H and O–H groups in total. The molecule has 0 aromatic heterocycles. The first-order chi connectivity index (χ1) is 7.84. The van der Waals surface area contributed by atoms with Crippen molar-refractivity contribution in [2.75, 3.05) is 27.2 Å². The third-order valence-electron chi connectivity index (χ3n) is 3.26. The molecule has 3 nitrogen and oxygen atoms in total. The Hall–Kier alpha value is -0.570. The molecule has 0 radical (unpaired) electrons. The number of amides is 1. The SMILES string of the molecule is CC(C)CCCN(C)C(=O)CCN(C)C(C)C. The summed E-state index contributed by atoms with van der Waals surface area (Å²) in [4.78, 5) is 15.9. The van der Waals surface area contributed by atoms with Crippen molar-refractivity contribution in [2.24, 2.45) is 5.92 Å². The second-order valence-electron chi connectivity index (χ2n) is 5.68. The highest BCUT2D eigenvalue weighted by Crippen LogP contribution is 2.05. The molecular formula is C14H30N2O. The molecule has 0 aromatic rings. The van der Waals surface area contributed by atoms with E-state index in [1.807, 2.05) is 11.9 Å². The van der Waals surface area contributed by atoms with Crippen LogP contribution in [0.5, 0.6) is 0 Å². The number of rotatable bonds is 8. The van der Waals surface area contributed by atoms with Crippen LogP contribution in [-0.2, 0) is 4.79 Å². The van der Waals surface area contributed by atoms with Crippen LogP contribution in [0.1, 0.15) is 47.0 Å². The molecule has 0 heterocycles. The van der Waals surface area contributed by atoms with Gasteiger partial charge in [0, 0.05) is 32.6 Å². The monoisotopic (exact) mass is 242 g/mol. The summed E-state index contributed by atoms with van der Waals surface area (Å²) in [7, 11) is 3.98. The smallest absolute Gasteiger partial charge is 0.223 e. The molecule has 0 rings (SSSR count). The lowest BCUT2D eigenvalue weighted by atomic mass is 10.1. The van der Waals surface area contributed by atoms with Gasteiger partial charge in [0.25, 0.3) is 0 Å². The number of carbonyl (C=O) groups is 1. The van der Waals surface area contributed by atoms with Crippen LogP contribution in [0.25, 0.3) is 0 Å². The molecule has 0 aromatic carbocycles. The third kappa shape index (κ3) is 8.19. The average molecular weight is 242 g/mol. The van der Waals surface area contributed by atoms with E-state index in [9.17, 15) is 4.79 Å². The molecule has 0 bridgehead atoms. The lowest BCUT2D eigenvalue weighted by Gasteiger charge is -2.23. The van der Waals surface area contributed by atoms with Gasteiger partial charge < -0.3 is 9.80 Å². The summed E-state index contributed by atoms with van der Waals surface area (Å²) in [5.41, 5.74) is 0. The predicted molar refractivity (Wildman–Crippen MR) is 74.1 cm³/mol. The van der Waals surface area contributed by atoms with Gasteiger partial charge in [0.1, 0.15) is 0 Å². The maximum atomic E-state index is 11.8. The van der Waals surface area contributed by atoms with Gasteiger partial charge in [-0.25, -0.2) is 0 Å².